The van der Waals surface area contributed by atoms with Crippen LogP contribution in [0.1, 0.15) is 17.0 Å². The van der Waals surface area contributed by atoms with Gasteiger partial charge in [0.1, 0.15) is 0 Å². The molecule has 0 amide bonds. The van der Waals surface area contributed by atoms with Gasteiger partial charge >= 0.3 is 0 Å². The lowest BCUT2D eigenvalue weighted by Gasteiger charge is -2.30. The summed E-state index contributed by atoms with van der Waals surface area (Å²) >= 11 is 0. The summed E-state index contributed by atoms with van der Waals surface area (Å²) in [4.78, 5) is 19.4. The first-order chi connectivity index (χ1) is 13.1. The Labute approximate surface area is 159 Å². The topological polar surface area (TPSA) is 60.9 Å². The highest BCUT2D eigenvalue weighted by molar-refractivity contribution is 6.05. The third-order valence-corrected chi connectivity index (χ3v) is 4.72. The molecule has 1 aliphatic rings. The highest BCUT2D eigenvalue weighted by Crippen LogP contribution is 2.41. The Kier molecular flexibility index (Phi) is 5.76. The van der Waals surface area contributed by atoms with Crippen LogP contribution in [-0.4, -0.2) is 57.1 Å². The van der Waals surface area contributed by atoms with Crippen molar-refractivity contribution in [2.24, 2.45) is 0 Å². The molecule has 6 nitrogen and oxygen atoms in total. The Morgan fingerprint density at radius 1 is 1.11 bits per heavy atom. The summed E-state index contributed by atoms with van der Waals surface area (Å²) in [5.41, 5.74) is 2.43. The first-order valence-corrected chi connectivity index (χ1v) is 8.71. The van der Waals surface area contributed by atoms with E-state index in [1.54, 1.807) is 33.7 Å². The summed E-state index contributed by atoms with van der Waals surface area (Å²) in [5, 5.41) is 0. The summed E-state index contributed by atoms with van der Waals surface area (Å²) in [6.07, 6.45) is 5.35. The molecule has 0 aliphatic carbocycles. The smallest absolute Gasteiger partial charge is 0.203 e. The number of pyridine rings is 1. The summed E-state index contributed by atoms with van der Waals surface area (Å²) in [6, 6.07) is 7.48. The molecule has 0 radical (unpaired) electrons. The minimum absolute atomic E-state index is 0.109. The van der Waals surface area contributed by atoms with Gasteiger partial charge in [-0.15, -0.1) is 0 Å². The predicted molar refractivity (Wildman–Crippen MR) is 104 cm³/mol. The van der Waals surface area contributed by atoms with Crippen LogP contribution in [0.15, 0.2) is 42.2 Å². The molecule has 6 heteroatoms. The first kappa shape index (κ1) is 18.9. The van der Waals surface area contributed by atoms with E-state index < -0.39 is 0 Å². The molecule has 1 aliphatic heterocycles. The third kappa shape index (κ3) is 3.80. The van der Waals surface area contributed by atoms with Crippen LogP contribution in [0.2, 0.25) is 0 Å². The van der Waals surface area contributed by atoms with Crippen LogP contribution < -0.4 is 14.2 Å². The zero-order valence-electron chi connectivity index (χ0n) is 16.1. The van der Waals surface area contributed by atoms with Gasteiger partial charge < -0.3 is 19.1 Å². The van der Waals surface area contributed by atoms with Crippen LogP contribution in [-0.2, 0) is 4.79 Å². The molecule has 1 unspecified atom stereocenters. The lowest BCUT2D eigenvalue weighted by Crippen LogP contribution is -2.38. The van der Waals surface area contributed by atoms with Crippen molar-refractivity contribution in [3.8, 4) is 17.2 Å². The van der Waals surface area contributed by atoms with E-state index in [9.17, 15) is 4.79 Å². The Hall–Kier alpha value is -2.86. The molecule has 1 saturated heterocycles. The van der Waals surface area contributed by atoms with E-state index in [0.29, 0.717) is 30.3 Å². The number of rotatable bonds is 5. The van der Waals surface area contributed by atoms with Crippen molar-refractivity contribution in [3.05, 3.63) is 53.4 Å². The number of carbonyl (C=O) groups is 1. The third-order valence-electron chi connectivity index (χ3n) is 4.72. The molecular weight excluding hydrogens is 344 g/mol. The van der Waals surface area contributed by atoms with E-state index in [2.05, 4.69) is 9.88 Å². The lowest BCUT2D eigenvalue weighted by atomic mass is 9.86. The van der Waals surface area contributed by atoms with Crippen molar-refractivity contribution < 1.29 is 19.0 Å². The summed E-state index contributed by atoms with van der Waals surface area (Å²) in [5.74, 6) is 1.52. The number of methoxy groups -OCH3 is 3. The van der Waals surface area contributed by atoms with E-state index in [4.69, 9.17) is 14.2 Å². The van der Waals surface area contributed by atoms with Crippen LogP contribution >= 0.6 is 0 Å². The second-order valence-electron chi connectivity index (χ2n) is 6.49. The molecular formula is C21H24N2O4. The van der Waals surface area contributed by atoms with Crippen molar-refractivity contribution in [2.75, 3.05) is 41.5 Å². The summed E-state index contributed by atoms with van der Waals surface area (Å²) < 4.78 is 16.3. The average Bonchev–Trinajstić information content (AvgIpc) is 2.70. The highest BCUT2D eigenvalue weighted by Gasteiger charge is 2.31. The van der Waals surface area contributed by atoms with Crippen molar-refractivity contribution in [1.29, 1.82) is 0 Å². The van der Waals surface area contributed by atoms with Gasteiger partial charge in [0, 0.05) is 36.6 Å². The van der Waals surface area contributed by atoms with E-state index in [1.807, 2.05) is 37.4 Å². The second-order valence-corrected chi connectivity index (χ2v) is 6.49. The van der Waals surface area contributed by atoms with Gasteiger partial charge in [0.05, 0.1) is 27.2 Å². The average molecular weight is 368 g/mol. The number of hydrogen-bond donors (Lipinski definition) is 0. The number of nitrogens with zero attached hydrogens (tertiary/aromatic N) is 2. The maximum atomic E-state index is 13.1. The fourth-order valence-electron chi connectivity index (χ4n) is 3.43. The molecule has 0 N–H and O–H groups in total. The fourth-order valence-corrected chi connectivity index (χ4v) is 3.43. The number of piperidine rings is 1. The molecule has 1 atom stereocenters. The van der Waals surface area contributed by atoms with E-state index in [-0.39, 0.29) is 11.7 Å². The van der Waals surface area contributed by atoms with Gasteiger partial charge in [0.25, 0.3) is 0 Å². The number of carbonyl (C=O) groups excluding carboxylic acids is 1. The summed E-state index contributed by atoms with van der Waals surface area (Å²) in [6.45, 7) is 1.25. The molecule has 2 aromatic rings. The molecule has 2 heterocycles. The van der Waals surface area contributed by atoms with Crippen LogP contribution in [0.3, 0.4) is 0 Å². The summed E-state index contributed by atoms with van der Waals surface area (Å²) in [7, 11) is 6.73. The Morgan fingerprint density at radius 2 is 1.89 bits per heavy atom. The molecule has 1 fully saturated rings. The van der Waals surface area contributed by atoms with Gasteiger partial charge in [0.2, 0.25) is 5.75 Å². The van der Waals surface area contributed by atoms with Crippen LogP contribution in [0.4, 0.5) is 0 Å². The highest BCUT2D eigenvalue weighted by atomic mass is 16.5. The zero-order valence-corrected chi connectivity index (χ0v) is 16.1. The number of hydrogen-bond acceptors (Lipinski definition) is 6. The van der Waals surface area contributed by atoms with E-state index in [1.165, 1.54) is 0 Å². The number of ketones is 1. The maximum absolute atomic E-state index is 13.1. The predicted octanol–water partition coefficient (Wildman–Crippen LogP) is 2.79. The molecule has 142 valence electrons. The minimum Gasteiger partial charge on any atom is -0.493 e. The second kappa shape index (κ2) is 8.22. The molecule has 27 heavy (non-hydrogen) atoms. The maximum Gasteiger partial charge on any atom is 0.203 e. The SMILES string of the molecule is COc1ccc(C=C2CN(C)CC(c3cccnc3)C2=O)c(OC)c1OC. The van der Waals surface area contributed by atoms with Crippen LogP contribution in [0, 0.1) is 0 Å². The fraction of sp³-hybridized carbons (Fsp3) is 0.333. The number of likely N-dealkylation sites (N-methyl/N-ethyl adjacent to an activating group) is 1. The molecule has 0 bridgehead atoms. The van der Waals surface area contributed by atoms with E-state index in [0.717, 1.165) is 16.7 Å². The van der Waals surface area contributed by atoms with Crippen LogP contribution in [0.5, 0.6) is 17.2 Å². The number of aromatic nitrogens is 1. The number of Topliss-reactive ketones (excluding diaryl/α,β-unsaturated/α-hetero) is 1. The van der Waals surface area contributed by atoms with Gasteiger partial charge in [-0.25, -0.2) is 0 Å². The molecule has 0 spiro atoms. The van der Waals surface area contributed by atoms with Gasteiger partial charge in [-0.1, -0.05) is 6.07 Å². The normalized spacial score (nSPS) is 19.2. The van der Waals surface area contributed by atoms with Crippen molar-refractivity contribution in [2.45, 2.75) is 5.92 Å². The monoisotopic (exact) mass is 368 g/mol. The van der Waals surface area contributed by atoms with Crippen molar-refractivity contribution in [3.63, 3.8) is 0 Å². The van der Waals surface area contributed by atoms with Gasteiger partial charge in [-0.05, 0) is 36.9 Å². The standard InChI is InChI=1S/C21H24N2O4/c1-23-12-16(19(24)17(13-23)15-6-5-9-22-11-15)10-14-7-8-18(25-2)21(27-4)20(14)26-3/h5-11,17H,12-13H2,1-4H3. The first-order valence-electron chi connectivity index (χ1n) is 8.71. The van der Waals surface area contributed by atoms with Crippen molar-refractivity contribution in [1.82, 2.24) is 9.88 Å². The number of likely N-dealkylation sites (tertiary alicyclic amines) is 1. The van der Waals surface area contributed by atoms with Gasteiger partial charge in [0.15, 0.2) is 17.3 Å². The molecule has 3 rings (SSSR count). The Morgan fingerprint density at radius 3 is 2.52 bits per heavy atom. The lowest BCUT2D eigenvalue weighted by molar-refractivity contribution is -0.118. The zero-order chi connectivity index (χ0) is 19.4. The molecule has 1 aromatic carbocycles. The number of benzene rings is 1. The minimum atomic E-state index is -0.227. The van der Waals surface area contributed by atoms with Crippen LogP contribution in [0.25, 0.3) is 6.08 Å². The number of ether oxygens (including phenoxy) is 3. The Balaban J connectivity index is 2.02. The molecule has 1 aromatic heterocycles. The van der Waals surface area contributed by atoms with Crippen molar-refractivity contribution >= 4 is 11.9 Å². The van der Waals surface area contributed by atoms with Gasteiger partial charge in [-0.2, -0.15) is 0 Å². The van der Waals surface area contributed by atoms with E-state index >= 15 is 0 Å². The Bertz CT molecular complexity index is 849. The van der Waals surface area contributed by atoms with Gasteiger partial charge in [-0.3, -0.25) is 9.78 Å². The quantitative estimate of drug-likeness (QED) is 0.757. The molecule has 0 saturated carbocycles. The largest absolute Gasteiger partial charge is 0.493 e.